The van der Waals surface area contributed by atoms with Crippen LogP contribution < -0.4 is 4.74 Å². The molecule has 7 heteroatoms. The van der Waals surface area contributed by atoms with Crippen LogP contribution >= 0.6 is 0 Å². The summed E-state index contributed by atoms with van der Waals surface area (Å²) in [6, 6.07) is 11.3. The van der Waals surface area contributed by atoms with E-state index >= 15 is 0 Å². The van der Waals surface area contributed by atoms with Crippen molar-refractivity contribution in [3.05, 3.63) is 66.4 Å². The molecule has 1 saturated heterocycles. The Kier molecular flexibility index (Phi) is 4.35. The highest BCUT2D eigenvalue weighted by Crippen LogP contribution is 2.21. The summed E-state index contributed by atoms with van der Waals surface area (Å²) in [6.07, 6.45) is 4.08. The molecule has 1 atom stereocenters. The molecule has 6 nitrogen and oxygen atoms in total. The van der Waals surface area contributed by atoms with Crippen molar-refractivity contribution in [1.29, 1.82) is 0 Å². The number of amides is 1. The van der Waals surface area contributed by atoms with Gasteiger partial charge in [-0.15, -0.1) is 0 Å². The normalized spacial score (nSPS) is 16.7. The lowest BCUT2D eigenvalue weighted by molar-refractivity contribution is 0.0766. The van der Waals surface area contributed by atoms with Crippen molar-refractivity contribution in [1.82, 2.24) is 20.1 Å². The van der Waals surface area contributed by atoms with Gasteiger partial charge < -0.3 is 9.64 Å². The van der Waals surface area contributed by atoms with E-state index < -0.39 is 0 Å². The Balaban J connectivity index is 1.41. The Morgan fingerprint density at radius 1 is 1.19 bits per heavy atom. The number of hydrogen-bond acceptors (Lipinski definition) is 4. The number of likely N-dealkylation sites (tertiary alicyclic amines) is 1. The highest BCUT2D eigenvalue weighted by molar-refractivity contribution is 5.93. The van der Waals surface area contributed by atoms with E-state index in [4.69, 9.17) is 4.74 Å². The highest BCUT2D eigenvalue weighted by atomic mass is 19.1. The van der Waals surface area contributed by atoms with Crippen molar-refractivity contribution in [3.8, 4) is 17.0 Å². The zero-order valence-corrected chi connectivity index (χ0v) is 13.9. The number of nitrogens with one attached hydrogen (secondary N) is 1. The second kappa shape index (κ2) is 6.95. The van der Waals surface area contributed by atoms with E-state index in [1.165, 1.54) is 12.1 Å². The first-order valence-corrected chi connectivity index (χ1v) is 8.36. The van der Waals surface area contributed by atoms with Crippen molar-refractivity contribution >= 4 is 5.91 Å². The molecular weight excluding hydrogens is 335 g/mol. The van der Waals surface area contributed by atoms with Gasteiger partial charge in [0.1, 0.15) is 23.4 Å². The second-order valence-electron chi connectivity index (χ2n) is 6.14. The summed E-state index contributed by atoms with van der Waals surface area (Å²) in [5, 5.41) is 6.94. The summed E-state index contributed by atoms with van der Waals surface area (Å²) < 4.78 is 18.9. The van der Waals surface area contributed by atoms with Crippen LogP contribution in [-0.2, 0) is 0 Å². The van der Waals surface area contributed by atoms with Crippen molar-refractivity contribution in [2.24, 2.45) is 0 Å². The third kappa shape index (κ3) is 3.42. The molecule has 0 radical (unpaired) electrons. The summed E-state index contributed by atoms with van der Waals surface area (Å²) in [4.78, 5) is 18.4. The number of aromatic amines is 1. The molecular formula is C19H17FN4O2. The fraction of sp³-hybridized carbons (Fsp3) is 0.211. The molecule has 1 aliphatic heterocycles. The van der Waals surface area contributed by atoms with Gasteiger partial charge in [0.15, 0.2) is 0 Å². The van der Waals surface area contributed by atoms with Crippen molar-refractivity contribution < 1.29 is 13.9 Å². The van der Waals surface area contributed by atoms with Gasteiger partial charge in [-0.3, -0.25) is 14.9 Å². The van der Waals surface area contributed by atoms with Gasteiger partial charge in [0, 0.05) is 30.9 Å². The zero-order chi connectivity index (χ0) is 17.9. The molecule has 26 heavy (non-hydrogen) atoms. The molecule has 3 heterocycles. The Bertz CT molecular complexity index is 895. The third-order valence-corrected chi connectivity index (χ3v) is 4.33. The van der Waals surface area contributed by atoms with Gasteiger partial charge in [-0.05, 0) is 42.5 Å². The van der Waals surface area contributed by atoms with Crippen LogP contribution in [0.25, 0.3) is 11.3 Å². The van der Waals surface area contributed by atoms with Crippen molar-refractivity contribution in [2.45, 2.75) is 12.5 Å². The van der Waals surface area contributed by atoms with E-state index in [2.05, 4.69) is 15.2 Å². The van der Waals surface area contributed by atoms with Crippen LogP contribution in [0.15, 0.2) is 54.9 Å². The van der Waals surface area contributed by atoms with Crippen LogP contribution in [0, 0.1) is 5.82 Å². The predicted molar refractivity (Wildman–Crippen MR) is 93.2 cm³/mol. The number of hydrogen-bond donors (Lipinski definition) is 1. The molecule has 3 aromatic rings. The third-order valence-electron chi connectivity index (χ3n) is 4.33. The maximum absolute atomic E-state index is 13.0. The first kappa shape index (κ1) is 16.3. The Morgan fingerprint density at radius 3 is 2.73 bits per heavy atom. The lowest BCUT2D eigenvalue weighted by Gasteiger charge is -2.16. The van der Waals surface area contributed by atoms with E-state index in [0.29, 0.717) is 24.5 Å². The number of rotatable bonds is 4. The molecule has 0 saturated carbocycles. The Labute approximate surface area is 149 Å². The topological polar surface area (TPSA) is 71.1 Å². The maximum Gasteiger partial charge on any atom is 0.272 e. The molecule has 2 aromatic heterocycles. The molecule has 1 fully saturated rings. The van der Waals surface area contributed by atoms with Gasteiger partial charge in [0.25, 0.3) is 5.91 Å². The van der Waals surface area contributed by atoms with Gasteiger partial charge in [-0.25, -0.2) is 4.39 Å². The molecule has 1 aliphatic rings. The lowest BCUT2D eigenvalue weighted by Crippen LogP contribution is -2.31. The minimum atomic E-state index is -0.308. The van der Waals surface area contributed by atoms with E-state index in [-0.39, 0.29) is 17.8 Å². The fourth-order valence-electron chi connectivity index (χ4n) is 2.99. The Hall–Kier alpha value is -3.22. The quantitative estimate of drug-likeness (QED) is 0.784. The molecule has 1 N–H and O–H groups in total. The first-order chi connectivity index (χ1) is 12.7. The van der Waals surface area contributed by atoms with Crippen LogP contribution in [-0.4, -0.2) is 45.2 Å². The van der Waals surface area contributed by atoms with Crippen LogP contribution in [0.2, 0.25) is 0 Å². The molecule has 0 aliphatic carbocycles. The van der Waals surface area contributed by atoms with Crippen molar-refractivity contribution in [3.63, 3.8) is 0 Å². The molecule has 132 valence electrons. The average Bonchev–Trinajstić information content (AvgIpc) is 3.33. The molecule has 1 amide bonds. The number of carbonyl (C=O) groups is 1. The summed E-state index contributed by atoms with van der Waals surface area (Å²) in [5.41, 5.74) is 1.77. The number of benzene rings is 1. The number of halogens is 1. The van der Waals surface area contributed by atoms with Gasteiger partial charge in [-0.1, -0.05) is 0 Å². The van der Waals surface area contributed by atoms with Crippen molar-refractivity contribution in [2.75, 3.05) is 13.1 Å². The number of nitrogens with zero attached hydrogens (tertiary/aromatic N) is 3. The number of ether oxygens (including phenoxy) is 1. The highest BCUT2D eigenvalue weighted by Gasteiger charge is 2.29. The zero-order valence-electron chi connectivity index (χ0n) is 13.9. The monoisotopic (exact) mass is 352 g/mol. The fourth-order valence-corrected chi connectivity index (χ4v) is 2.99. The Morgan fingerprint density at radius 2 is 1.96 bits per heavy atom. The smallest absolute Gasteiger partial charge is 0.272 e. The van der Waals surface area contributed by atoms with Gasteiger partial charge in [-0.2, -0.15) is 5.10 Å². The predicted octanol–water partition coefficient (Wildman–Crippen LogP) is 2.90. The van der Waals surface area contributed by atoms with E-state index in [0.717, 1.165) is 17.7 Å². The molecule has 0 bridgehead atoms. The molecule has 0 spiro atoms. The SMILES string of the molecule is O=C(c1cc(-c2ccc(F)cc2)n[nH]1)N1CCC(Oc2ccncc2)C1. The summed E-state index contributed by atoms with van der Waals surface area (Å²) in [7, 11) is 0. The van der Waals surface area contributed by atoms with Gasteiger partial charge in [0.2, 0.25) is 0 Å². The lowest BCUT2D eigenvalue weighted by atomic mass is 10.1. The minimum Gasteiger partial charge on any atom is -0.488 e. The van der Waals surface area contributed by atoms with E-state index in [9.17, 15) is 9.18 Å². The van der Waals surface area contributed by atoms with E-state index in [1.807, 2.05) is 0 Å². The van der Waals surface area contributed by atoms with Gasteiger partial charge >= 0.3 is 0 Å². The second-order valence-corrected chi connectivity index (χ2v) is 6.14. The molecule has 1 aromatic carbocycles. The molecule has 4 rings (SSSR count). The summed E-state index contributed by atoms with van der Waals surface area (Å²) in [6.45, 7) is 1.14. The minimum absolute atomic E-state index is 0.0409. The molecule has 1 unspecified atom stereocenters. The standard InChI is InChI=1S/C19H17FN4O2/c20-14-3-1-13(2-4-14)17-11-18(23-22-17)19(25)24-10-7-16(12-24)26-15-5-8-21-9-6-15/h1-6,8-9,11,16H,7,10,12H2,(H,22,23). The number of pyridine rings is 1. The summed E-state index contributed by atoms with van der Waals surface area (Å²) in [5.74, 6) is 0.323. The van der Waals surface area contributed by atoms with Crippen LogP contribution in [0.1, 0.15) is 16.9 Å². The van der Waals surface area contributed by atoms with E-state index in [1.54, 1.807) is 47.6 Å². The number of H-pyrrole nitrogens is 1. The first-order valence-electron chi connectivity index (χ1n) is 8.36. The van der Waals surface area contributed by atoms with Crippen LogP contribution in [0.3, 0.4) is 0 Å². The number of aromatic nitrogens is 3. The maximum atomic E-state index is 13.0. The largest absolute Gasteiger partial charge is 0.488 e. The van der Waals surface area contributed by atoms with Crippen LogP contribution in [0.4, 0.5) is 4.39 Å². The summed E-state index contributed by atoms with van der Waals surface area (Å²) >= 11 is 0. The van der Waals surface area contributed by atoms with Crippen LogP contribution in [0.5, 0.6) is 5.75 Å². The number of carbonyl (C=O) groups excluding carboxylic acids is 1. The average molecular weight is 352 g/mol. The van der Waals surface area contributed by atoms with Gasteiger partial charge in [0.05, 0.1) is 12.2 Å².